The summed E-state index contributed by atoms with van der Waals surface area (Å²) in [7, 11) is 0. The number of carbonyl (C=O) groups is 1. The molecule has 0 aliphatic heterocycles. The molecule has 2 aromatic rings. The third-order valence-electron chi connectivity index (χ3n) is 2.66. The van der Waals surface area contributed by atoms with E-state index in [1.54, 1.807) is 12.1 Å². The third kappa shape index (κ3) is 3.52. The van der Waals surface area contributed by atoms with Crippen molar-refractivity contribution in [2.45, 2.75) is 6.42 Å². The summed E-state index contributed by atoms with van der Waals surface area (Å²) in [6, 6.07) is 8.43. The lowest BCUT2D eigenvalue weighted by molar-refractivity contribution is 0.102. The molecule has 1 amide bonds. The topological polar surface area (TPSA) is 88.0 Å². The minimum Gasteiger partial charge on any atom is -0.393 e. The predicted molar refractivity (Wildman–Crippen MR) is 81.9 cm³/mol. The van der Waals surface area contributed by atoms with Crippen LogP contribution in [-0.2, 0) is 6.42 Å². The Bertz CT molecular complexity index is 692. The first-order valence-corrected chi connectivity index (χ1v) is 6.33. The number of nitrogens with two attached hydrogens (primary N) is 1. The van der Waals surface area contributed by atoms with Gasteiger partial charge in [0.2, 0.25) is 0 Å². The van der Waals surface area contributed by atoms with Gasteiger partial charge in [0.25, 0.3) is 5.91 Å². The van der Waals surface area contributed by atoms with E-state index >= 15 is 0 Å². The van der Waals surface area contributed by atoms with Crippen LogP contribution >= 0.6 is 12.2 Å². The number of hydrogen-bond acceptors (Lipinski definition) is 3. The first-order chi connectivity index (χ1) is 9.56. The number of H-pyrrole nitrogens is 1. The van der Waals surface area contributed by atoms with Crippen LogP contribution in [0.3, 0.4) is 0 Å². The Labute approximate surface area is 120 Å². The number of rotatable bonds is 4. The van der Waals surface area contributed by atoms with E-state index < -0.39 is 5.91 Å². The molecule has 1 aromatic carbocycles. The van der Waals surface area contributed by atoms with Gasteiger partial charge >= 0.3 is 0 Å². The highest BCUT2D eigenvalue weighted by Crippen LogP contribution is 2.11. The molecule has 0 radical (unpaired) electrons. The maximum absolute atomic E-state index is 11.9. The summed E-state index contributed by atoms with van der Waals surface area (Å²) in [5, 5.41) is 2.66. The molecular formula is C14H13N3O2S. The Morgan fingerprint density at radius 3 is 2.55 bits per heavy atom. The van der Waals surface area contributed by atoms with E-state index in [-0.39, 0.29) is 11.0 Å². The molecule has 5 nitrogen and oxygen atoms in total. The first-order valence-electron chi connectivity index (χ1n) is 5.92. The normalized spacial score (nSPS) is 10.0. The van der Waals surface area contributed by atoms with Crippen LogP contribution in [0.25, 0.3) is 0 Å². The molecule has 1 aromatic heterocycles. The van der Waals surface area contributed by atoms with Crippen molar-refractivity contribution in [2.24, 2.45) is 5.73 Å². The average Bonchev–Trinajstić information content (AvgIpc) is 2.41. The monoisotopic (exact) mass is 287 g/mol. The summed E-state index contributed by atoms with van der Waals surface area (Å²) in [5.74, 6) is -0.450. The number of aromatic nitrogens is 1. The third-order valence-corrected chi connectivity index (χ3v) is 2.80. The van der Waals surface area contributed by atoms with E-state index in [9.17, 15) is 9.59 Å². The van der Waals surface area contributed by atoms with E-state index in [2.05, 4.69) is 10.3 Å². The van der Waals surface area contributed by atoms with Crippen LogP contribution in [0.1, 0.15) is 15.9 Å². The van der Waals surface area contributed by atoms with Gasteiger partial charge in [-0.15, -0.1) is 0 Å². The minimum absolute atomic E-state index is 0.0692. The lowest BCUT2D eigenvalue weighted by Crippen LogP contribution is -2.20. The average molecular weight is 287 g/mol. The van der Waals surface area contributed by atoms with Gasteiger partial charge < -0.3 is 16.0 Å². The number of benzene rings is 1. The molecule has 6 heteroatoms. The molecule has 4 N–H and O–H groups in total. The zero-order chi connectivity index (χ0) is 14.5. The zero-order valence-electron chi connectivity index (χ0n) is 10.6. The van der Waals surface area contributed by atoms with Crippen molar-refractivity contribution < 1.29 is 4.79 Å². The molecule has 102 valence electrons. The second kappa shape index (κ2) is 6.12. The van der Waals surface area contributed by atoms with Crippen LogP contribution in [0.4, 0.5) is 5.69 Å². The van der Waals surface area contributed by atoms with Crippen molar-refractivity contribution >= 4 is 28.8 Å². The summed E-state index contributed by atoms with van der Waals surface area (Å²) < 4.78 is 0. The van der Waals surface area contributed by atoms with E-state index in [4.69, 9.17) is 18.0 Å². The van der Waals surface area contributed by atoms with Gasteiger partial charge in [-0.3, -0.25) is 9.59 Å². The van der Waals surface area contributed by atoms with Gasteiger partial charge in [-0.25, -0.2) is 0 Å². The zero-order valence-corrected chi connectivity index (χ0v) is 11.4. The fraction of sp³-hybridized carbons (Fsp3) is 0.0714. The lowest BCUT2D eigenvalue weighted by atomic mass is 10.1. The fourth-order valence-corrected chi connectivity index (χ4v) is 1.87. The summed E-state index contributed by atoms with van der Waals surface area (Å²) in [4.78, 5) is 26.6. The molecule has 0 unspecified atom stereocenters. The van der Waals surface area contributed by atoms with Crippen LogP contribution < -0.4 is 16.5 Å². The van der Waals surface area contributed by atoms with Crippen LogP contribution in [0.5, 0.6) is 0 Å². The van der Waals surface area contributed by atoms with Crippen molar-refractivity contribution in [1.29, 1.82) is 0 Å². The maximum atomic E-state index is 11.9. The predicted octanol–water partition coefficient (Wildman–Crippen LogP) is 1.46. The molecule has 0 fully saturated rings. The number of thiocarbonyl (C=S) groups is 1. The fourth-order valence-electron chi connectivity index (χ4n) is 1.70. The van der Waals surface area contributed by atoms with Gasteiger partial charge in [-0.1, -0.05) is 24.4 Å². The second-order valence-electron chi connectivity index (χ2n) is 4.22. The highest BCUT2D eigenvalue weighted by molar-refractivity contribution is 7.80. The van der Waals surface area contributed by atoms with Crippen molar-refractivity contribution in [3.63, 3.8) is 0 Å². The van der Waals surface area contributed by atoms with Crippen LogP contribution in [0, 0.1) is 0 Å². The number of nitrogens with one attached hydrogen (secondary N) is 2. The van der Waals surface area contributed by atoms with Gasteiger partial charge in [0.05, 0.1) is 4.99 Å². The van der Waals surface area contributed by atoms with E-state index in [1.807, 2.05) is 12.1 Å². The number of hydrogen-bond donors (Lipinski definition) is 3. The van der Waals surface area contributed by atoms with Gasteiger partial charge in [0.15, 0.2) is 5.43 Å². The van der Waals surface area contributed by atoms with Crippen LogP contribution in [-0.4, -0.2) is 15.9 Å². The molecule has 2 rings (SSSR count). The van der Waals surface area contributed by atoms with Crippen molar-refractivity contribution in [3.8, 4) is 0 Å². The van der Waals surface area contributed by atoms with Crippen LogP contribution in [0.15, 0.2) is 47.5 Å². The van der Waals surface area contributed by atoms with E-state index in [1.165, 1.54) is 18.5 Å². The largest absolute Gasteiger partial charge is 0.393 e. The Hall–Kier alpha value is -2.47. The van der Waals surface area contributed by atoms with Gasteiger partial charge in [-0.2, -0.15) is 0 Å². The standard InChI is InChI=1S/C14H13N3O2S/c15-13(20)7-9-1-3-10(4-2-9)17-14(19)11-8-16-6-5-12(11)18/h1-6,8H,7H2,(H2,15,20)(H,16,18)(H,17,19). The number of anilines is 1. The SMILES string of the molecule is NC(=S)Cc1ccc(NC(=O)c2c[nH]ccc2=O)cc1. The summed E-state index contributed by atoms with van der Waals surface area (Å²) >= 11 is 4.83. The Balaban J connectivity index is 2.11. The van der Waals surface area contributed by atoms with Crippen molar-refractivity contribution in [3.05, 3.63) is 64.1 Å². The smallest absolute Gasteiger partial charge is 0.261 e. The van der Waals surface area contributed by atoms with Crippen molar-refractivity contribution in [1.82, 2.24) is 4.98 Å². The first kappa shape index (κ1) is 14.0. The summed E-state index contributed by atoms with van der Waals surface area (Å²) in [6.45, 7) is 0. The number of amides is 1. The number of carbonyl (C=O) groups excluding carboxylic acids is 1. The summed E-state index contributed by atoms with van der Waals surface area (Å²) in [6.07, 6.45) is 3.37. The number of pyridine rings is 1. The molecular weight excluding hydrogens is 274 g/mol. The van der Waals surface area contributed by atoms with E-state index in [0.717, 1.165) is 5.56 Å². The highest BCUT2D eigenvalue weighted by Gasteiger charge is 2.09. The van der Waals surface area contributed by atoms with Gasteiger partial charge in [0.1, 0.15) is 5.56 Å². The molecule has 0 saturated heterocycles. The molecule has 0 aliphatic rings. The molecule has 0 saturated carbocycles. The molecule has 0 atom stereocenters. The Kier molecular flexibility index (Phi) is 4.27. The highest BCUT2D eigenvalue weighted by atomic mass is 32.1. The Morgan fingerprint density at radius 1 is 1.25 bits per heavy atom. The molecule has 1 heterocycles. The quantitative estimate of drug-likeness (QED) is 0.743. The molecule has 0 spiro atoms. The molecule has 0 bridgehead atoms. The summed E-state index contributed by atoms with van der Waals surface area (Å²) in [5.41, 5.74) is 6.77. The minimum atomic E-state index is -0.450. The van der Waals surface area contributed by atoms with Gasteiger partial charge in [-0.05, 0) is 17.7 Å². The molecule has 20 heavy (non-hydrogen) atoms. The lowest BCUT2D eigenvalue weighted by Gasteiger charge is -2.06. The number of aromatic amines is 1. The van der Waals surface area contributed by atoms with E-state index in [0.29, 0.717) is 17.1 Å². The second-order valence-corrected chi connectivity index (χ2v) is 4.74. The molecule has 0 aliphatic carbocycles. The maximum Gasteiger partial charge on any atom is 0.261 e. The van der Waals surface area contributed by atoms with Gasteiger partial charge in [0, 0.05) is 30.6 Å². The Morgan fingerprint density at radius 2 is 1.95 bits per heavy atom. The van der Waals surface area contributed by atoms with Crippen molar-refractivity contribution in [2.75, 3.05) is 5.32 Å². The van der Waals surface area contributed by atoms with Crippen LogP contribution in [0.2, 0.25) is 0 Å².